The third kappa shape index (κ3) is 7.75. The first-order valence-corrected chi connectivity index (χ1v) is 14.8. The van der Waals surface area contributed by atoms with Crippen LogP contribution in [0.3, 0.4) is 0 Å². The van der Waals surface area contributed by atoms with Crippen molar-refractivity contribution in [3.63, 3.8) is 0 Å². The quantitative estimate of drug-likeness (QED) is 0.425. The molecule has 0 aromatic heterocycles. The zero-order valence-electron chi connectivity index (χ0n) is 21.2. The fraction of sp³-hybridized carbons (Fsp3) is 0.462. The number of hydrogen-bond acceptors (Lipinski definition) is 5. The standard InChI is InChI=1S/C26H33Cl2N3O5S/c1-4-36-21-14-12-20(13-15-21)31(37(3,34)35)17-25(32)30(16-22-23(27)10-7-11-24(22)28)18(2)26(33)29-19-8-5-6-9-19/h7,10-15,18-19H,4-6,8-9,16-17H2,1-3H3,(H,29,33)/t18-/m0/s1. The van der Waals surface area contributed by atoms with Crippen LogP contribution in [0.25, 0.3) is 0 Å². The largest absolute Gasteiger partial charge is 0.494 e. The number of hydrogen-bond donors (Lipinski definition) is 1. The van der Waals surface area contributed by atoms with Gasteiger partial charge in [0.2, 0.25) is 21.8 Å². The maximum absolute atomic E-state index is 13.7. The highest BCUT2D eigenvalue weighted by Gasteiger charge is 2.32. The predicted molar refractivity (Wildman–Crippen MR) is 147 cm³/mol. The Morgan fingerprint density at radius 1 is 1.08 bits per heavy atom. The van der Waals surface area contributed by atoms with Gasteiger partial charge in [0.25, 0.3) is 0 Å². The van der Waals surface area contributed by atoms with Gasteiger partial charge in [0.05, 0.1) is 18.6 Å². The molecule has 1 aliphatic rings. The molecule has 0 unspecified atom stereocenters. The number of benzene rings is 2. The monoisotopic (exact) mass is 569 g/mol. The lowest BCUT2D eigenvalue weighted by atomic mass is 10.1. The molecule has 0 heterocycles. The lowest BCUT2D eigenvalue weighted by molar-refractivity contribution is -0.139. The van der Waals surface area contributed by atoms with Gasteiger partial charge in [-0.1, -0.05) is 42.1 Å². The van der Waals surface area contributed by atoms with Crippen molar-refractivity contribution in [2.75, 3.05) is 23.7 Å². The lowest BCUT2D eigenvalue weighted by Crippen LogP contribution is -2.52. The second-order valence-corrected chi connectivity index (χ2v) is 11.8. The number of nitrogens with zero attached hydrogens (tertiary/aromatic N) is 2. The molecule has 202 valence electrons. The van der Waals surface area contributed by atoms with Crippen molar-refractivity contribution in [2.24, 2.45) is 0 Å². The number of amides is 2. The number of carbonyl (C=O) groups is 2. The van der Waals surface area contributed by atoms with E-state index in [0.29, 0.717) is 33.7 Å². The van der Waals surface area contributed by atoms with E-state index in [1.54, 1.807) is 49.4 Å². The summed E-state index contributed by atoms with van der Waals surface area (Å²) in [6.07, 6.45) is 4.90. The molecule has 2 amide bonds. The first-order chi connectivity index (χ1) is 17.5. The molecular weight excluding hydrogens is 537 g/mol. The van der Waals surface area contributed by atoms with Gasteiger partial charge >= 0.3 is 0 Å². The zero-order chi connectivity index (χ0) is 27.2. The Kier molecular flexibility index (Phi) is 10.1. The van der Waals surface area contributed by atoms with Crippen molar-refractivity contribution >= 4 is 50.7 Å². The summed E-state index contributed by atoms with van der Waals surface area (Å²) in [7, 11) is -3.83. The summed E-state index contributed by atoms with van der Waals surface area (Å²) in [5.74, 6) is -0.294. The highest BCUT2D eigenvalue weighted by atomic mass is 35.5. The second-order valence-electron chi connectivity index (χ2n) is 9.08. The third-order valence-corrected chi connectivity index (χ3v) is 8.22. The summed E-state index contributed by atoms with van der Waals surface area (Å²) in [5, 5.41) is 3.71. The van der Waals surface area contributed by atoms with E-state index in [1.807, 2.05) is 6.92 Å². The van der Waals surface area contributed by atoms with E-state index < -0.39 is 28.5 Å². The summed E-state index contributed by atoms with van der Waals surface area (Å²) >= 11 is 12.7. The van der Waals surface area contributed by atoms with Crippen LogP contribution in [0.5, 0.6) is 5.75 Å². The Morgan fingerprint density at radius 2 is 1.68 bits per heavy atom. The second kappa shape index (κ2) is 12.8. The normalized spacial score (nSPS) is 14.7. The Hall–Kier alpha value is -2.49. The van der Waals surface area contributed by atoms with Crippen LogP contribution in [0, 0.1) is 0 Å². The predicted octanol–water partition coefficient (Wildman–Crippen LogP) is 4.63. The topological polar surface area (TPSA) is 96.0 Å². The molecular formula is C26H33Cl2N3O5S. The summed E-state index contributed by atoms with van der Waals surface area (Å²) in [5.41, 5.74) is 0.782. The minimum Gasteiger partial charge on any atom is -0.494 e. The minimum absolute atomic E-state index is 0.0581. The van der Waals surface area contributed by atoms with Crippen molar-refractivity contribution in [2.45, 2.75) is 58.2 Å². The molecule has 0 spiro atoms. The van der Waals surface area contributed by atoms with Crippen molar-refractivity contribution in [3.05, 3.63) is 58.1 Å². The molecule has 2 aromatic rings. The summed E-state index contributed by atoms with van der Waals surface area (Å²) < 4.78 is 31.8. The molecule has 1 fully saturated rings. The van der Waals surface area contributed by atoms with Gasteiger partial charge in [-0.25, -0.2) is 8.42 Å². The number of anilines is 1. The molecule has 1 saturated carbocycles. The van der Waals surface area contributed by atoms with E-state index >= 15 is 0 Å². The maximum Gasteiger partial charge on any atom is 0.244 e. The molecule has 0 saturated heterocycles. The van der Waals surface area contributed by atoms with Crippen LogP contribution in [-0.2, 0) is 26.2 Å². The first kappa shape index (κ1) is 29.1. The minimum atomic E-state index is -3.83. The average Bonchev–Trinajstić information content (AvgIpc) is 3.35. The van der Waals surface area contributed by atoms with Gasteiger partial charge in [-0.3, -0.25) is 13.9 Å². The van der Waals surface area contributed by atoms with E-state index in [0.717, 1.165) is 36.2 Å². The average molecular weight is 571 g/mol. The highest BCUT2D eigenvalue weighted by Crippen LogP contribution is 2.28. The molecule has 37 heavy (non-hydrogen) atoms. The highest BCUT2D eigenvalue weighted by molar-refractivity contribution is 7.92. The van der Waals surface area contributed by atoms with E-state index in [4.69, 9.17) is 27.9 Å². The number of rotatable bonds is 11. The van der Waals surface area contributed by atoms with Gasteiger partial charge in [-0.15, -0.1) is 0 Å². The van der Waals surface area contributed by atoms with Gasteiger partial charge < -0.3 is 15.0 Å². The summed E-state index contributed by atoms with van der Waals surface area (Å²) in [6.45, 7) is 3.37. The van der Waals surface area contributed by atoms with Crippen LogP contribution in [0.15, 0.2) is 42.5 Å². The molecule has 8 nitrogen and oxygen atoms in total. The van der Waals surface area contributed by atoms with E-state index in [1.165, 1.54) is 4.90 Å². The zero-order valence-corrected chi connectivity index (χ0v) is 23.6. The van der Waals surface area contributed by atoms with Crippen molar-refractivity contribution in [1.29, 1.82) is 0 Å². The number of carbonyl (C=O) groups excluding carboxylic acids is 2. The summed E-state index contributed by atoms with van der Waals surface area (Å²) in [4.78, 5) is 28.1. The van der Waals surface area contributed by atoms with Gasteiger partial charge in [-0.05, 0) is 63.1 Å². The molecule has 1 N–H and O–H groups in total. The van der Waals surface area contributed by atoms with Crippen LogP contribution < -0.4 is 14.4 Å². The smallest absolute Gasteiger partial charge is 0.244 e. The van der Waals surface area contributed by atoms with Crippen molar-refractivity contribution < 1.29 is 22.7 Å². The molecule has 0 aliphatic heterocycles. The van der Waals surface area contributed by atoms with Crippen LogP contribution in [0.2, 0.25) is 10.0 Å². The summed E-state index contributed by atoms with van der Waals surface area (Å²) in [6, 6.07) is 10.6. The van der Waals surface area contributed by atoms with Gasteiger partial charge in [0.1, 0.15) is 18.3 Å². The van der Waals surface area contributed by atoms with Gasteiger partial charge in [0, 0.05) is 28.2 Å². The molecule has 11 heteroatoms. The van der Waals surface area contributed by atoms with Gasteiger partial charge in [-0.2, -0.15) is 0 Å². The maximum atomic E-state index is 13.7. The Balaban J connectivity index is 1.90. The molecule has 3 rings (SSSR count). The fourth-order valence-corrected chi connectivity index (χ4v) is 5.68. The van der Waals surface area contributed by atoms with Crippen molar-refractivity contribution in [3.8, 4) is 5.75 Å². The molecule has 0 bridgehead atoms. The number of nitrogens with one attached hydrogen (secondary N) is 1. The molecule has 1 atom stereocenters. The van der Waals surface area contributed by atoms with Crippen LogP contribution in [-0.4, -0.2) is 56.6 Å². The van der Waals surface area contributed by atoms with E-state index in [2.05, 4.69) is 5.32 Å². The number of halogens is 2. The molecule has 1 aliphatic carbocycles. The van der Waals surface area contributed by atoms with E-state index in [-0.39, 0.29) is 18.5 Å². The lowest BCUT2D eigenvalue weighted by Gasteiger charge is -2.32. The SMILES string of the molecule is CCOc1ccc(N(CC(=O)N(Cc2c(Cl)cccc2Cl)[C@@H](C)C(=O)NC2CCCC2)S(C)(=O)=O)cc1. The Bertz CT molecular complexity index is 1180. The Morgan fingerprint density at radius 3 is 2.22 bits per heavy atom. The van der Waals surface area contributed by atoms with E-state index in [9.17, 15) is 18.0 Å². The van der Waals surface area contributed by atoms with Crippen LogP contribution >= 0.6 is 23.2 Å². The molecule has 0 radical (unpaired) electrons. The first-order valence-electron chi connectivity index (χ1n) is 12.2. The van der Waals surface area contributed by atoms with Crippen molar-refractivity contribution in [1.82, 2.24) is 10.2 Å². The van der Waals surface area contributed by atoms with Gasteiger partial charge in [0.15, 0.2) is 0 Å². The Labute approximate surface area is 228 Å². The van der Waals surface area contributed by atoms with Crippen LogP contribution in [0.4, 0.5) is 5.69 Å². The fourth-order valence-electron chi connectivity index (χ4n) is 4.32. The molecule has 2 aromatic carbocycles. The number of sulfonamides is 1. The number of ether oxygens (including phenoxy) is 1. The van der Waals surface area contributed by atoms with Crippen LogP contribution in [0.1, 0.15) is 45.1 Å². The third-order valence-electron chi connectivity index (χ3n) is 6.37.